The lowest BCUT2D eigenvalue weighted by atomic mass is 10.0. The first kappa shape index (κ1) is 28.5. The van der Waals surface area contributed by atoms with Gasteiger partial charge in [0.2, 0.25) is 0 Å². The standard InChI is InChI=1S/2C15H13FO3/c2*16-13-4-2-1-3-12(13)15(19)11-7-5-10(6-8-11)14(18)9-17/h2*1-8,14,17-18H,9H2. The van der Waals surface area contributed by atoms with E-state index in [1.54, 1.807) is 12.1 Å². The normalized spacial score (nSPS) is 12.2. The average Bonchev–Trinajstić information content (AvgIpc) is 2.96. The van der Waals surface area contributed by atoms with Crippen molar-refractivity contribution in [2.45, 2.75) is 12.2 Å². The Morgan fingerprint density at radius 2 is 0.868 bits per heavy atom. The zero-order valence-electron chi connectivity index (χ0n) is 20.2. The molecule has 8 heteroatoms. The molecule has 38 heavy (non-hydrogen) atoms. The molecule has 0 bridgehead atoms. The van der Waals surface area contributed by atoms with E-state index in [0.29, 0.717) is 22.3 Å². The maximum absolute atomic E-state index is 13.5. The van der Waals surface area contributed by atoms with Gasteiger partial charge in [-0.1, -0.05) is 72.8 Å². The van der Waals surface area contributed by atoms with Gasteiger partial charge in [-0.2, -0.15) is 0 Å². The highest BCUT2D eigenvalue weighted by Gasteiger charge is 2.15. The van der Waals surface area contributed by atoms with Crippen molar-refractivity contribution in [1.29, 1.82) is 0 Å². The monoisotopic (exact) mass is 520 g/mol. The summed E-state index contributed by atoms with van der Waals surface area (Å²) in [7, 11) is 0. The van der Waals surface area contributed by atoms with Crippen molar-refractivity contribution in [1.82, 2.24) is 0 Å². The predicted octanol–water partition coefficient (Wildman–Crippen LogP) is 4.16. The Hall–Kier alpha value is -4.08. The zero-order chi connectivity index (χ0) is 27.7. The highest BCUT2D eigenvalue weighted by Crippen LogP contribution is 2.18. The first-order chi connectivity index (χ1) is 18.3. The van der Waals surface area contributed by atoms with Gasteiger partial charge < -0.3 is 20.4 Å². The Balaban J connectivity index is 0.000000211. The molecular formula is C30H26F2O6. The lowest BCUT2D eigenvalue weighted by Gasteiger charge is -2.08. The molecule has 2 atom stereocenters. The molecule has 0 aliphatic carbocycles. The molecule has 0 fully saturated rings. The first-order valence-electron chi connectivity index (χ1n) is 11.6. The maximum atomic E-state index is 13.5. The average molecular weight is 521 g/mol. The van der Waals surface area contributed by atoms with E-state index < -0.39 is 35.4 Å². The summed E-state index contributed by atoms with van der Waals surface area (Å²) in [5, 5.41) is 36.5. The molecule has 4 N–H and O–H groups in total. The number of carbonyl (C=O) groups excluding carboxylic acids is 2. The minimum Gasteiger partial charge on any atom is -0.393 e. The number of carbonyl (C=O) groups is 2. The van der Waals surface area contributed by atoms with Crippen molar-refractivity contribution < 1.29 is 38.8 Å². The van der Waals surface area contributed by atoms with Crippen LogP contribution in [0.2, 0.25) is 0 Å². The molecule has 0 saturated carbocycles. The topological polar surface area (TPSA) is 115 Å². The predicted molar refractivity (Wildman–Crippen MR) is 137 cm³/mol. The Morgan fingerprint density at radius 1 is 0.553 bits per heavy atom. The largest absolute Gasteiger partial charge is 0.393 e. The lowest BCUT2D eigenvalue weighted by molar-refractivity contribution is 0.0955. The fraction of sp³-hybridized carbons (Fsp3) is 0.133. The number of aliphatic hydroxyl groups excluding tert-OH is 4. The number of rotatable bonds is 8. The maximum Gasteiger partial charge on any atom is 0.195 e. The van der Waals surface area contributed by atoms with Crippen LogP contribution in [-0.4, -0.2) is 45.2 Å². The molecule has 0 radical (unpaired) electrons. The van der Waals surface area contributed by atoms with Gasteiger partial charge in [0.1, 0.15) is 23.8 Å². The fourth-order valence-corrected chi connectivity index (χ4v) is 3.53. The third-order valence-corrected chi connectivity index (χ3v) is 5.70. The summed E-state index contributed by atoms with van der Waals surface area (Å²) in [6, 6.07) is 23.7. The summed E-state index contributed by atoms with van der Waals surface area (Å²) in [5.41, 5.74) is 1.70. The smallest absolute Gasteiger partial charge is 0.195 e. The van der Waals surface area contributed by atoms with Crippen LogP contribution in [0.5, 0.6) is 0 Å². The van der Waals surface area contributed by atoms with Crippen molar-refractivity contribution in [2.24, 2.45) is 0 Å². The molecule has 6 nitrogen and oxygen atoms in total. The lowest BCUT2D eigenvalue weighted by Crippen LogP contribution is -2.06. The number of benzene rings is 4. The van der Waals surface area contributed by atoms with Crippen molar-refractivity contribution in [3.8, 4) is 0 Å². The minimum absolute atomic E-state index is 0.0120. The van der Waals surface area contributed by atoms with Gasteiger partial charge in [-0.05, 0) is 35.4 Å². The highest BCUT2D eigenvalue weighted by atomic mass is 19.1. The fourth-order valence-electron chi connectivity index (χ4n) is 3.53. The van der Waals surface area contributed by atoms with Crippen LogP contribution in [0, 0.1) is 11.6 Å². The number of hydrogen-bond donors (Lipinski definition) is 4. The van der Waals surface area contributed by atoms with E-state index in [1.807, 2.05) is 0 Å². The minimum atomic E-state index is -0.974. The molecule has 0 amide bonds. The van der Waals surface area contributed by atoms with E-state index in [9.17, 15) is 28.6 Å². The van der Waals surface area contributed by atoms with Crippen LogP contribution in [0.3, 0.4) is 0 Å². The van der Waals surface area contributed by atoms with Crippen LogP contribution in [0.15, 0.2) is 97.1 Å². The summed E-state index contributed by atoms with van der Waals surface area (Å²) in [4.78, 5) is 24.1. The van der Waals surface area contributed by atoms with E-state index in [-0.39, 0.29) is 24.3 Å². The number of ketones is 2. The molecule has 4 rings (SSSR count). The van der Waals surface area contributed by atoms with Gasteiger partial charge in [0, 0.05) is 11.1 Å². The van der Waals surface area contributed by atoms with Crippen molar-refractivity contribution >= 4 is 11.6 Å². The van der Waals surface area contributed by atoms with E-state index >= 15 is 0 Å². The van der Waals surface area contributed by atoms with Crippen LogP contribution in [0.1, 0.15) is 55.2 Å². The van der Waals surface area contributed by atoms with Crippen LogP contribution in [-0.2, 0) is 0 Å². The van der Waals surface area contributed by atoms with Crippen molar-refractivity contribution in [3.63, 3.8) is 0 Å². The quantitative estimate of drug-likeness (QED) is 0.259. The summed E-state index contributed by atoms with van der Waals surface area (Å²) < 4.78 is 27.0. The van der Waals surface area contributed by atoms with Gasteiger partial charge in [0.15, 0.2) is 11.6 Å². The second-order valence-electron chi connectivity index (χ2n) is 8.26. The van der Waals surface area contributed by atoms with E-state index in [2.05, 4.69) is 0 Å². The van der Waals surface area contributed by atoms with E-state index in [1.165, 1.54) is 84.9 Å². The van der Waals surface area contributed by atoms with Gasteiger partial charge in [-0.15, -0.1) is 0 Å². The molecule has 0 aliphatic heterocycles. The summed E-state index contributed by atoms with van der Waals surface area (Å²) in [5.74, 6) is -1.95. The third-order valence-electron chi connectivity index (χ3n) is 5.70. The summed E-state index contributed by atoms with van der Waals surface area (Å²) >= 11 is 0. The van der Waals surface area contributed by atoms with Crippen LogP contribution in [0.4, 0.5) is 8.78 Å². The van der Waals surface area contributed by atoms with Gasteiger partial charge in [0.25, 0.3) is 0 Å². The number of halogens is 2. The van der Waals surface area contributed by atoms with Crippen LogP contribution in [0.25, 0.3) is 0 Å². The third kappa shape index (κ3) is 7.02. The van der Waals surface area contributed by atoms with Gasteiger partial charge in [-0.3, -0.25) is 9.59 Å². The van der Waals surface area contributed by atoms with E-state index in [4.69, 9.17) is 10.2 Å². The SMILES string of the molecule is O=C(c1ccc(C(O)CO)cc1)c1ccccc1F.O=C(c1ccc(C(O)CO)cc1)c1ccccc1F. The summed E-state index contributed by atoms with van der Waals surface area (Å²) in [6.07, 6.45) is -1.95. The number of hydrogen-bond acceptors (Lipinski definition) is 6. The van der Waals surface area contributed by atoms with Crippen LogP contribution >= 0.6 is 0 Å². The molecule has 196 valence electrons. The van der Waals surface area contributed by atoms with Gasteiger partial charge in [-0.25, -0.2) is 8.78 Å². The summed E-state index contributed by atoms with van der Waals surface area (Å²) in [6.45, 7) is -0.777. The first-order valence-corrected chi connectivity index (χ1v) is 11.6. The molecule has 0 heterocycles. The van der Waals surface area contributed by atoms with E-state index in [0.717, 1.165) is 0 Å². The molecule has 2 unspecified atom stereocenters. The molecular weight excluding hydrogens is 494 g/mol. The molecule has 0 saturated heterocycles. The van der Waals surface area contributed by atoms with Gasteiger partial charge >= 0.3 is 0 Å². The molecule has 0 aromatic heterocycles. The second-order valence-corrected chi connectivity index (χ2v) is 8.26. The zero-order valence-corrected chi connectivity index (χ0v) is 20.2. The Labute approximate surface area is 218 Å². The number of aliphatic hydroxyl groups is 4. The van der Waals surface area contributed by atoms with Crippen molar-refractivity contribution in [2.75, 3.05) is 13.2 Å². The Bertz CT molecular complexity index is 1260. The molecule has 4 aromatic rings. The molecule has 4 aromatic carbocycles. The van der Waals surface area contributed by atoms with Crippen molar-refractivity contribution in [3.05, 3.63) is 142 Å². The Kier molecular flexibility index (Phi) is 10.1. The van der Waals surface area contributed by atoms with Gasteiger partial charge in [0.05, 0.1) is 24.3 Å². The highest BCUT2D eigenvalue weighted by molar-refractivity contribution is 6.09. The Morgan fingerprint density at radius 3 is 1.16 bits per heavy atom. The van der Waals surface area contributed by atoms with Crippen LogP contribution < -0.4 is 0 Å². The second kappa shape index (κ2) is 13.5. The molecule has 0 aliphatic rings. The molecule has 0 spiro atoms.